The zero-order valence-corrected chi connectivity index (χ0v) is 13.3. The summed E-state index contributed by atoms with van der Waals surface area (Å²) in [5, 5.41) is 9.49. The number of carboxylic acids is 1. The highest BCUT2D eigenvalue weighted by molar-refractivity contribution is 5.92. The van der Waals surface area contributed by atoms with Gasteiger partial charge in [0, 0.05) is 18.0 Å². The fourth-order valence-electron chi connectivity index (χ4n) is 2.45. The second-order valence-electron chi connectivity index (χ2n) is 5.54. The van der Waals surface area contributed by atoms with Crippen LogP contribution in [0.5, 0.6) is 5.75 Å². The van der Waals surface area contributed by atoms with E-state index in [0.717, 1.165) is 22.3 Å². The monoisotopic (exact) mass is 319 g/mol. The number of aryl methyl sites for hydroxylation is 1. The van der Waals surface area contributed by atoms with E-state index in [9.17, 15) is 9.90 Å². The first-order valence-corrected chi connectivity index (χ1v) is 7.59. The smallest absolute Gasteiger partial charge is 0.339 e. The Morgan fingerprint density at radius 1 is 1.04 bits per heavy atom. The van der Waals surface area contributed by atoms with Crippen LogP contribution in [-0.4, -0.2) is 16.1 Å². The molecule has 0 aliphatic heterocycles. The quantitative estimate of drug-likeness (QED) is 0.760. The molecule has 0 spiro atoms. The van der Waals surface area contributed by atoms with Crippen LogP contribution < -0.4 is 4.74 Å². The molecule has 0 aliphatic carbocycles. The van der Waals surface area contributed by atoms with Crippen molar-refractivity contribution >= 4 is 5.97 Å². The number of pyridine rings is 1. The van der Waals surface area contributed by atoms with Gasteiger partial charge in [-0.25, -0.2) is 4.79 Å². The molecular weight excluding hydrogens is 302 g/mol. The van der Waals surface area contributed by atoms with Gasteiger partial charge in [0.15, 0.2) is 0 Å². The average Bonchev–Trinajstić information content (AvgIpc) is 2.60. The number of hydrogen-bond acceptors (Lipinski definition) is 3. The Labute approximate surface area is 140 Å². The third kappa shape index (κ3) is 3.60. The summed E-state index contributed by atoms with van der Waals surface area (Å²) in [4.78, 5) is 15.7. The molecule has 0 atom stereocenters. The van der Waals surface area contributed by atoms with E-state index in [1.54, 1.807) is 24.5 Å². The van der Waals surface area contributed by atoms with E-state index >= 15 is 0 Å². The number of carboxylic acid groups (broad SMARTS) is 1. The van der Waals surface area contributed by atoms with E-state index in [4.69, 9.17) is 4.74 Å². The molecule has 120 valence electrons. The van der Waals surface area contributed by atoms with Crippen LogP contribution in [-0.2, 0) is 6.61 Å². The molecule has 0 bridgehead atoms. The van der Waals surface area contributed by atoms with Gasteiger partial charge in [-0.05, 0) is 41.8 Å². The number of rotatable bonds is 5. The van der Waals surface area contributed by atoms with Crippen molar-refractivity contribution < 1.29 is 14.6 Å². The first kappa shape index (κ1) is 15.7. The zero-order chi connectivity index (χ0) is 16.9. The maximum absolute atomic E-state index is 11.6. The van der Waals surface area contributed by atoms with Crippen LogP contribution in [0.3, 0.4) is 0 Å². The largest absolute Gasteiger partial charge is 0.488 e. The number of nitrogens with zero attached hydrogens (tertiary/aromatic N) is 1. The minimum absolute atomic E-state index is 0.143. The minimum atomic E-state index is -1.01. The summed E-state index contributed by atoms with van der Waals surface area (Å²) in [7, 11) is 0. The van der Waals surface area contributed by atoms with Crippen LogP contribution in [0.2, 0.25) is 0 Å². The molecule has 1 N–H and O–H groups in total. The van der Waals surface area contributed by atoms with Crippen LogP contribution in [0.15, 0.2) is 67.0 Å². The molecular formula is C20H17NO3. The zero-order valence-electron chi connectivity index (χ0n) is 13.3. The first-order valence-electron chi connectivity index (χ1n) is 7.59. The Kier molecular flexibility index (Phi) is 4.57. The third-order valence-electron chi connectivity index (χ3n) is 3.66. The predicted octanol–water partition coefficient (Wildman–Crippen LogP) is 4.33. The molecule has 0 amide bonds. The Hall–Kier alpha value is -3.14. The maximum Gasteiger partial charge on any atom is 0.339 e. The van der Waals surface area contributed by atoms with E-state index in [-0.39, 0.29) is 5.56 Å². The predicted molar refractivity (Wildman–Crippen MR) is 92.1 cm³/mol. The van der Waals surface area contributed by atoms with Crippen LogP contribution >= 0.6 is 0 Å². The van der Waals surface area contributed by atoms with Crippen molar-refractivity contribution in [2.75, 3.05) is 0 Å². The van der Waals surface area contributed by atoms with Gasteiger partial charge >= 0.3 is 5.97 Å². The molecule has 1 aromatic heterocycles. The molecule has 0 saturated heterocycles. The molecule has 0 fully saturated rings. The number of benzene rings is 2. The van der Waals surface area contributed by atoms with Crippen molar-refractivity contribution in [2.24, 2.45) is 0 Å². The molecule has 3 rings (SSSR count). The van der Waals surface area contributed by atoms with Crippen LogP contribution in [0, 0.1) is 6.92 Å². The molecule has 0 radical (unpaired) electrons. The summed E-state index contributed by atoms with van der Waals surface area (Å²) in [6.07, 6.45) is 3.48. The molecule has 0 aliphatic rings. The fraction of sp³-hybridized carbons (Fsp3) is 0.100. The molecule has 4 nitrogen and oxygen atoms in total. The lowest BCUT2D eigenvalue weighted by atomic mass is 10.0. The lowest BCUT2D eigenvalue weighted by Gasteiger charge is -2.11. The normalized spacial score (nSPS) is 10.4. The molecule has 0 saturated carbocycles. The summed E-state index contributed by atoms with van der Waals surface area (Å²) in [6, 6.07) is 16.8. The highest BCUT2D eigenvalue weighted by atomic mass is 16.5. The molecule has 4 heteroatoms. The van der Waals surface area contributed by atoms with Crippen LogP contribution in [0.25, 0.3) is 11.1 Å². The van der Waals surface area contributed by atoms with E-state index < -0.39 is 5.97 Å². The van der Waals surface area contributed by atoms with Gasteiger partial charge in [0.1, 0.15) is 17.9 Å². The number of aromatic carboxylic acids is 1. The van der Waals surface area contributed by atoms with Gasteiger partial charge in [0.05, 0.1) is 0 Å². The number of hydrogen-bond donors (Lipinski definition) is 1. The van der Waals surface area contributed by atoms with Crippen molar-refractivity contribution in [3.8, 4) is 16.9 Å². The third-order valence-corrected chi connectivity index (χ3v) is 3.66. The van der Waals surface area contributed by atoms with Crippen molar-refractivity contribution in [1.82, 2.24) is 4.98 Å². The SMILES string of the molecule is Cc1cncc(-c2ccc(OCc3ccccc3)c(C(=O)O)c2)c1. The summed E-state index contributed by atoms with van der Waals surface area (Å²) < 4.78 is 5.70. The summed E-state index contributed by atoms with van der Waals surface area (Å²) in [6.45, 7) is 2.28. The van der Waals surface area contributed by atoms with Gasteiger partial charge in [-0.15, -0.1) is 0 Å². The van der Waals surface area contributed by atoms with E-state index in [2.05, 4.69) is 4.98 Å². The second-order valence-corrected chi connectivity index (χ2v) is 5.54. The number of ether oxygens (including phenoxy) is 1. The summed E-state index contributed by atoms with van der Waals surface area (Å²) in [5.74, 6) is -0.656. The topological polar surface area (TPSA) is 59.4 Å². The Bertz CT molecular complexity index is 860. The Morgan fingerprint density at radius 2 is 1.83 bits per heavy atom. The number of aromatic nitrogens is 1. The van der Waals surface area contributed by atoms with Crippen molar-refractivity contribution in [2.45, 2.75) is 13.5 Å². The lowest BCUT2D eigenvalue weighted by molar-refractivity contribution is 0.0692. The molecule has 0 unspecified atom stereocenters. The Balaban J connectivity index is 1.89. The first-order chi connectivity index (χ1) is 11.6. The second kappa shape index (κ2) is 6.96. The van der Waals surface area contributed by atoms with Crippen molar-refractivity contribution in [3.05, 3.63) is 83.7 Å². The molecule has 3 aromatic rings. The maximum atomic E-state index is 11.6. The summed E-state index contributed by atoms with van der Waals surface area (Å²) >= 11 is 0. The highest BCUT2D eigenvalue weighted by Gasteiger charge is 2.13. The molecule has 1 heterocycles. The van der Waals surface area contributed by atoms with E-state index in [1.165, 1.54) is 0 Å². The van der Waals surface area contributed by atoms with Crippen molar-refractivity contribution in [3.63, 3.8) is 0 Å². The number of carbonyl (C=O) groups is 1. The lowest BCUT2D eigenvalue weighted by Crippen LogP contribution is -2.04. The van der Waals surface area contributed by atoms with Gasteiger partial charge in [-0.1, -0.05) is 36.4 Å². The van der Waals surface area contributed by atoms with E-state index in [1.807, 2.05) is 49.4 Å². The van der Waals surface area contributed by atoms with Crippen LogP contribution in [0.4, 0.5) is 0 Å². The van der Waals surface area contributed by atoms with Crippen molar-refractivity contribution in [1.29, 1.82) is 0 Å². The molecule has 2 aromatic carbocycles. The Morgan fingerprint density at radius 3 is 2.54 bits per heavy atom. The highest BCUT2D eigenvalue weighted by Crippen LogP contribution is 2.27. The summed E-state index contributed by atoms with van der Waals surface area (Å²) in [5.41, 5.74) is 3.84. The van der Waals surface area contributed by atoms with Gasteiger partial charge in [-0.2, -0.15) is 0 Å². The van der Waals surface area contributed by atoms with Gasteiger partial charge in [0.25, 0.3) is 0 Å². The van der Waals surface area contributed by atoms with Crippen LogP contribution in [0.1, 0.15) is 21.5 Å². The molecule has 24 heavy (non-hydrogen) atoms. The van der Waals surface area contributed by atoms with Gasteiger partial charge < -0.3 is 9.84 Å². The average molecular weight is 319 g/mol. The standard InChI is InChI=1S/C20H17NO3/c1-14-9-17(12-21-11-14)16-7-8-19(18(10-16)20(22)23)24-13-15-5-3-2-4-6-15/h2-12H,13H2,1H3,(H,22,23). The fourth-order valence-corrected chi connectivity index (χ4v) is 2.45. The minimum Gasteiger partial charge on any atom is -0.488 e. The van der Waals surface area contributed by atoms with Gasteiger partial charge in [-0.3, -0.25) is 4.98 Å². The van der Waals surface area contributed by atoms with E-state index in [0.29, 0.717) is 12.4 Å². The van der Waals surface area contributed by atoms with Gasteiger partial charge in [0.2, 0.25) is 0 Å².